The first-order chi connectivity index (χ1) is 18.6. The van der Waals surface area contributed by atoms with Gasteiger partial charge in [-0.15, -0.1) is 10.2 Å². The molecule has 0 bridgehead atoms. The predicted octanol–water partition coefficient (Wildman–Crippen LogP) is 9.04. The Labute approximate surface area is 228 Å². The number of nitrogens with zero attached hydrogens (tertiary/aromatic N) is 2. The number of aryl methyl sites for hydroxylation is 1. The lowest BCUT2D eigenvalue weighted by molar-refractivity contribution is 0.477. The van der Waals surface area contributed by atoms with E-state index in [9.17, 15) is 5.11 Å². The molecule has 4 heteroatoms. The van der Waals surface area contributed by atoms with E-state index in [0.717, 1.165) is 18.4 Å². The summed E-state index contributed by atoms with van der Waals surface area (Å²) in [4.78, 5) is 0. The SMILES string of the molecule is Cc1ccccc(C2CCCCCCC(c3cc(-c4ccccc4O)nnc3N)CCCCC2)cccc1. The molecule has 0 amide bonds. The Morgan fingerprint density at radius 3 is 1.82 bits per heavy atom. The maximum absolute atomic E-state index is 10.3. The molecule has 0 spiro atoms. The number of aromatic nitrogens is 2. The summed E-state index contributed by atoms with van der Waals surface area (Å²) in [6.45, 7) is 2.13. The molecule has 1 saturated carbocycles. The van der Waals surface area contributed by atoms with E-state index in [1.807, 2.05) is 18.2 Å². The number of hydrogen-bond acceptors (Lipinski definition) is 4. The summed E-state index contributed by atoms with van der Waals surface area (Å²) < 4.78 is 0. The predicted molar refractivity (Wildman–Crippen MR) is 159 cm³/mol. The van der Waals surface area contributed by atoms with Crippen LogP contribution >= 0.6 is 0 Å². The van der Waals surface area contributed by atoms with Crippen molar-refractivity contribution >= 4 is 5.82 Å². The summed E-state index contributed by atoms with van der Waals surface area (Å²) in [5.74, 6) is 1.75. The van der Waals surface area contributed by atoms with Gasteiger partial charge in [0.1, 0.15) is 11.6 Å². The maximum atomic E-state index is 10.3. The fraction of sp³-hybridized carbons (Fsp3) is 0.412. The fourth-order valence-corrected chi connectivity index (χ4v) is 5.72. The molecular formula is C34H43N3O. The van der Waals surface area contributed by atoms with Crippen LogP contribution in [0.3, 0.4) is 0 Å². The van der Waals surface area contributed by atoms with Crippen LogP contribution in [0.15, 0.2) is 78.9 Å². The number of hydrogen-bond donors (Lipinski definition) is 2. The third-order valence-corrected chi connectivity index (χ3v) is 7.92. The number of benzene rings is 1. The van der Waals surface area contributed by atoms with Crippen molar-refractivity contribution in [1.82, 2.24) is 10.2 Å². The Bertz CT molecular complexity index is 1200. The first kappa shape index (κ1) is 27.6. The molecule has 3 N–H and O–H groups in total. The van der Waals surface area contributed by atoms with Crippen LogP contribution in [-0.4, -0.2) is 15.3 Å². The third-order valence-electron chi connectivity index (χ3n) is 7.92. The third kappa shape index (κ3) is 8.05. The van der Waals surface area contributed by atoms with E-state index in [2.05, 4.69) is 71.7 Å². The molecule has 1 aromatic heterocycles. The van der Waals surface area contributed by atoms with Gasteiger partial charge in [0.05, 0.1) is 5.69 Å². The molecule has 1 aliphatic carbocycles. The Morgan fingerprint density at radius 2 is 1.18 bits per heavy atom. The van der Waals surface area contributed by atoms with Crippen molar-refractivity contribution in [3.8, 4) is 17.0 Å². The van der Waals surface area contributed by atoms with Crippen molar-refractivity contribution in [2.24, 2.45) is 0 Å². The van der Waals surface area contributed by atoms with Crippen molar-refractivity contribution in [3.05, 3.63) is 95.6 Å². The number of nitrogens with two attached hydrogens (primary N) is 1. The molecule has 2 aromatic carbocycles. The van der Waals surface area contributed by atoms with Gasteiger partial charge in [-0.3, -0.25) is 0 Å². The van der Waals surface area contributed by atoms with Crippen LogP contribution in [0.1, 0.15) is 99.2 Å². The zero-order valence-electron chi connectivity index (χ0n) is 22.9. The first-order valence-electron chi connectivity index (χ1n) is 14.4. The standard InChI is InChI=1S/C34H43N3O/c1-26-15-9-11-19-28(20-12-10-16-26)27-17-5-2-3-6-21-29(22-8-4-7-18-27)31-25-32(36-37-34(31)35)30-23-13-14-24-33(30)38/h9-16,19-20,23-25,27,29,38H,2-8,17-18,21-22H2,1H3,(H2,35,37). The van der Waals surface area contributed by atoms with Gasteiger partial charge in [0.15, 0.2) is 0 Å². The van der Waals surface area contributed by atoms with Crippen LogP contribution in [-0.2, 0) is 0 Å². The quantitative estimate of drug-likeness (QED) is 0.369. The van der Waals surface area contributed by atoms with Gasteiger partial charge >= 0.3 is 0 Å². The molecule has 4 rings (SSSR count). The minimum Gasteiger partial charge on any atom is -0.507 e. The van der Waals surface area contributed by atoms with Gasteiger partial charge < -0.3 is 10.8 Å². The number of anilines is 1. The van der Waals surface area contributed by atoms with Gasteiger partial charge in [-0.25, -0.2) is 0 Å². The van der Waals surface area contributed by atoms with E-state index in [1.54, 1.807) is 6.07 Å². The molecule has 1 aliphatic rings. The fourth-order valence-electron chi connectivity index (χ4n) is 5.72. The molecule has 4 nitrogen and oxygen atoms in total. The largest absolute Gasteiger partial charge is 0.507 e. The highest BCUT2D eigenvalue weighted by Crippen LogP contribution is 2.36. The van der Waals surface area contributed by atoms with Crippen molar-refractivity contribution in [1.29, 1.82) is 0 Å². The van der Waals surface area contributed by atoms with Crippen LogP contribution in [0.2, 0.25) is 0 Å². The molecule has 0 radical (unpaired) electrons. The monoisotopic (exact) mass is 509 g/mol. The first-order valence-corrected chi connectivity index (χ1v) is 14.4. The summed E-state index contributed by atoms with van der Waals surface area (Å²) in [7, 11) is 0. The van der Waals surface area contributed by atoms with Crippen molar-refractivity contribution in [3.63, 3.8) is 0 Å². The molecule has 0 saturated heterocycles. The lowest BCUT2D eigenvalue weighted by Crippen LogP contribution is -2.07. The van der Waals surface area contributed by atoms with Crippen LogP contribution in [0.25, 0.3) is 11.3 Å². The van der Waals surface area contributed by atoms with E-state index < -0.39 is 0 Å². The Morgan fingerprint density at radius 1 is 0.658 bits per heavy atom. The summed E-state index contributed by atoms with van der Waals surface area (Å²) >= 11 is 0. The molecular weight excluding hydrogens is 466 g/mol. The van der Waals surface area contributed by atoms with E-state index in [1.165, 1.54) is 68.9 Å². The molecule has 38 heavy (non-hydrogen) atoms. The van der Waals surface area contributed by atoms with Crippen LogP contribution < -0.4 is 5.73 Å². The molecule has 1 fully saturated rings. The topological polar surface area (TPSA) is 72.0 Å². The summed E-state index contributed by atoms with van der Waals surface area (Å²) in [6.07, 6.45) is 13.4. The smallest absolute Gasteiger partial charge is 0.149 e. The second kappa shape index (κ2) is 14.5. The maximum Gasteiger partial charge on any atom is 0.149 e. The number of nitrogen functional groups attached to an aromatic ring is 1. The number of phenolic OH excluding ortho intramolecular Hbond substituents is 1. The lowest BCUT2D eigenvalue weighted by Gasteiger charge is -2.19. The number of rotatable bonds is 3. The Hall–Kier alpha value is -3.40. The number of phenols is 1. The minimum absolute atomic E-state index is 0.223. The average molecular weight is 510 g/mol. The minimum atomic E-state index is 0.223. The van der Waals surface area contributed by atoms with Crippen molar-refractivity contribution in [2.45, 2.75) is 89.4 Å². The lowest BCUT2D eigenvalue weighted by atomic mass is 9.87. The van der Waals surface area contributed by atoms with Crippen molar-refractivity contribution in [2.75, 3.05) is 5.73 Å². The zero-order valence-corrected chi connectivity index (χ0v) is 22.9. The van der Waals surface area contributed by atoms with Gasteiger partial charge in [-0.05, 0) is 68.2 Å². The van der Waals surface area contributed by atoms with Crippen LogP contribution in [0.5, 0.6) is 5.75 Å². The van der Waals surface area contributed by atoms with E-state index >= 15 is 0 Å². The molecule has 2 unspecified atom stereocenters. The van der Waals surface area contributed by atoms with Gasteiger partial charge in [-0.2, -0.15) is 0 Å². The summed E-state index contributed by atoms with van der Waals surface area (Å²) in [5, 5.41) is 18.9. The molecule has 0 aliphatic heterocycles. The molecule has 3 aromatic rings. The highest BCUT2D eigenvalue weighted by atomic mass is 16.3. The van der Waals surface area contributed by atoms with E-state index in [0.29, 0.717) is 28.9 Å². The molecule has 2 atom stereocenters. The van der Waals surface area contributed by atoms with Crippen LogP contribution in [0, 0.1) is 6.92 Å². The Kier molecular flexibility index (Phi) is 10.6. The number of para-hydroxylation sites is 1. The zero-order chi connectivity index (χ0) is 26.6. The highest BCUT2D eigenvalue weighted by Gasteiger charge is 2.19. The summed E-state index contributed by atoms with van der Waals surface area (Å²) in [6, 6.07) is 27.1. The van der Waals surface area contributed by atoms with Gasteiger partial charge in [0, 0.05) is 11.1 Å². The molecule has 200 valence electrons. The van der Waals surface area contributed by atoms with Gasteiger partial charge in [0.2, 0.25) is 0 Å². The second-order valence-electron chi connectivity index (χ2n) is 10.8. The van der Waals surface area contributed by atoms with Crippen molar-refractivity contribution < 1.29 is 5.11 Å². The summed E-state index contributed by atoms with van der Waals surface area (Å²) in [5.41, 5.74) is 11.6. The van der Waals surface area contributed by atoms with E-state index in [-0.39, 0.29) is 5.75 Å². The Balaban J connectivity index is 1.46. The normalized spacial score (nSPS) is 19.3. The van der Waals surface area contributed by atoms with E-state index in [4.69, 9.17) is 5.73 Å². The number of aromatic hydroxyl groups is 1. The average Bonchev–Trinajstić information content (AvgIpc) is 2.94. The van der Waals surface area contributed by atoms with Gasteiger partial charge in [0.25, 0.3) is 0 Å². The van der Waals surface area contributed by atoms with Gasteiger partial charge in [-0.1, -0.05) is 111 Å². The molecule has 1 heterocycles. The highest BCUT2D eigenvalue weighted by molar-refractivity contribution is 5.68. The van der Waals surface area contributed by atoms with Crippen LogP contribution in [0.4, 0.5) is 5.82 Å². The second-order valence-corrected chi connectivity index (χ2v) is 10.8.